The number of carbonyl (C=O) groups excluding carboxylic acids is 1. The van der Waals surface area contributed by atoms with Crippen molar-refractivity contribution < 1.29 is 13.6 Å². The summed E-state index contributed by atoms with van der Waals surface area (Å²) in [6.07, 6.45) is 0. The summed E-state index contributed by atoms with van der Waals surface area (Å²) in [5, 5.41) is 9.65. The quantitative estimate of drug-likeness (QED) is 0.348. The van der Waals surface area contributed by atoms with Gasteiger partial charge in [-0.15, -0.1) is 0 Å². The highest BCUT2D eigenvalue weighted by Crippen LogP contribution is 2.32. The summed E-state index contributed by atoms with van der Waals surface area (Å²) in [7, 11) is 0. The first-order valence-electron chi connectivity index (χ1n) is 9.73. The number of rotatable bonds is 5. The molecule has 0 atom stereocenters. The van der Waals surface area contributed by atoms with E-state index in [-0.39, 0.29) is 16.7 Å². The van der Waals surface area contributed by atoms with E-state index < -0.39 is 5.82 Å². The Bertz CT molecular complexity index is 1300. The van der Waals surface area contributed by atoms with E-state index in [0.29, 0.717) is 33.6 Å². The second-order valence-electron chi connectivity index (χ2n) is 6.94. The largest absolute Gasteiger partial charge is 0.282 e. The fourth-order valence-corrected chi connectivity index (χ4v) is 4.02. The highest BCUT2D eigenvalue weighted by atomic mass is 32.2. The molecule has 0 saturated heterocycles. The monoisotopic (exact) mass is 442 g/mol. The number of halogens is 2. The van der Waals surface area contributed by atoms with Gasteiger partial charge in [-0.1, -0.05) is 42.1 Å². The summed E-state index contributed by atoms with van der Waals surface area (Å²) in [5.41, 5.74) is 4.00. The minimum Gasteiger partial charge on any atom is -0.282 e. The first kappa shape index (κ1) is 21.4. The topological polar surface area (TPSA) is 53.8 Å². The lowest BCUT2D eigenvalue weighted by Gasteiger charge is -2.13. The van der Waals surface area contributed by atoms with E-state index in [1.807, 2.05) is 30.3 Å². The van der Waals surface area contributed by atoms with Gasteiger partial charge in [0.05, 0.1) is 17.0 Å². The number of benzene rings is 3. The smallest absolute Gasteiger partial charge is 0.219 e. The minimum absolute atomic E-state index is 0.161. The van der Waals surface area contributed by atoms with Gasteiger partial charge < -0.3 is 0 Å². The normalized spacial score (nSPS) is 10.5. The third kappa shape index (κ3) is 4.74. The summed E-state index contributed by atoms with van der Waals surface area (Å²) < 4.78 is 26.6. The second kappa shape index (κ2) is 9.54. The lowest BCUT2D eigenvalue weighted by atomic mass is 9.97. The summed E-state index contributed by atoms with van der Waals surface area (Å²) in [6, 6.07) is 24.7. The van der Waals surface area contributed by atoms with Crippen molar-refractivity contribution in [3.05, 3.63) is 113 Å². The van der Waals surface area contributed by atoms with Crippen LogP contribution in [0.25, 0.3) is 22.4 Å². The summed E-state index contributed by atoms with van der Waals surface area (Å²) >= 11 is 0.993. The van der Waals surface area contributed by atoms with E-state index in [9.17, 15) is 18.8 Å². The number of hydrogen-bond acceptors (Lipinski definition) is 4. The van der Waals surface area contributed by atoms with Crippen LogP contribution >= 0.6 is 11.8 Å². The summed E-state index contributed by atoms with van der Waals surface area (Å²) in [6.45, 7) is 0. The molecule has 4 aromatic rings. The predicted octanol–water partition coefficient (Wildman–Crippen LogP) is 6.64. The molecule has 32 heavy (non-hydrogen) atoms. The molecule has 0 spiro atoms. The maximum Gasteiger partial charge on any atom is 0.219 e. The van der Waals surface area contributed by atoms with Crippen molar-refractivity contribution in [3.8, 4) is 28.5 Å². The third-order valence-corrected chi connectivity index (χ3v) is 5.77. The molecule has 0 aliphatic carbocycles. The van der Waals surface area contributed by atoms with Crippen LogP contribution in [0.4, 0.5) is 8.78 Å². The van der Waals surface area contributed by atoms with Gasteiger partial charge in [0.25, 0.3) is 0 Å². The zero-order valence-corrected chi connectivity index (χ0v) is 17.6. The molecule has 0 N–H and O–H groups in total. The number of nitriles is 1. The molecule has 0 unspecified atom stereocenters. The zero-order chi connectivity index (χ0) is 22.5. The van der Waals surface area contributed by atoms with Crippen LogP contribution in [0, 0.1) is 23.0 Å². The van der Waals surface area contributed by atoms with Crippen molar-refractivity contribution in [1.29, 1.82) is 5.26 Å². The van der Waals surface area contributed by atoms with Crippen LogP contribution in [0.5, 0.6) is 0 Å². The highest BCUT2D eigenvalue weighted by Gasteiger charge is 2.17. The molecule has 0 aliphatic rings. The van der Waals surface area contributed by atoms with Crippen LogP contribution in [0.1, 0.15) is 21.6 Å². The second-order valence-corrected chi connectivity index (χ2v) is 7.89. The molecule has 0 fully saturated rings. The van der Waals surface area contributed by atoms with Gasteiger partial charge in [0, 0.05) is 22.4 Å². The first-order valence-corrected chi connectivity index (χ1v) is 10.7. The van der Waals surface area contributed by atoms with Gasteiger partial charge in [0.15, 0.2) is 0 Å². The number of thioether (sulfide) groups is 1. The van der Waals surface area contributed by atoms with E-state index in [2.05, 4.69) is 11.1 Å². The first-order chi connectivity index (χ1) is 15.5. The molecule has 6 heteroatoms. The van der Waals surface area contributed by atoms with Crippen LogP contribution < -0.4 is 0 Å². The van der Waals surface area contributed by atoms with Crippen LogP contribution in [-0.2, 0) is 5.75 Å². The molecule has 4 rings (SSSR count). The number of pyridine rings is 1. The standard InChI is InChI=1S/C26H16F2N2OS/c27-20-10-6-18(7-11-20)24-14-22(17-4-2-1-3-5-17)23(15-29)25(30-24)16-32-26(31)19-8-12-21(28)13-9-19/h1-14H,16H2. The highest BCUT2D eigenvalue weighted by molar-refractivity contribution is 8.13. The fraction of sp³-hybridized carbons (Fsp3) is 0.0385. The summed E-state index contributed by atoms with van der Waals surface area (Å²) in [5.74, 6) is -0.612. The third-order valence-electron chi connectivity index (χ3n) is 4.85. The molecule has 0 saturated carbocycles. The Hall–Kier alpha value is -3.82. The number of hydrogen-bond donors (Lipinski definition) is 0. The minimum atomic E-state index is -0.417. The van der Waals surface area contributed by atoms with E-state index in [4.69, 9.17) is 0 Å². The van der Waals surface area contributed by atoms with Gasteiger partial charge >= 0.3 is 0 Å². The predicted molar refractivity (Wildman–Crippen MR) is 122 cm³/mol. The van der Waals surface area contributed by atoms with Crippen LogP contribution in [0.3, 0.4) is 0 Å². The SMILES string of the molecule is N#Cc1c(-c2ccccc2)cc(-c2ccc(F)cc2)nc1CSC(=O)c1ccc(F)cc1. The van der Waals surface area contributed by atoms with Crippen molar-refractivity contribution in [2.45, 2.75) is 5.75 Å². The Labute approximate surface area is 188 Å². The average Bonchev–Trinajstić information content (AvgIpc) is 2.83. The molecular weight excluding hydrogens is 426 g/mol. The van der Waals surface area contributed by atoms with Gasteiger partial charge in [-0.3, -0.25) is 9.78 Å². The van der Waals surface area contributed by atoms with Crippen molar-refractivity contribution in [3.63, 3.8) is 0 Å². The zero-order valence-electron chi connectivity index (χ0n) is 16.8. The van der Waals surface area contributed by atoms with Gasteiger partial charge in [0.2, 0.25) is 5.12 Å². The van der Waals surface area contributed by atoms with Crippen LogP contribution in [0.2, 0.25) is 0 Å². The van der Waals surface area contributed by atoms with Crippen molar-refractivity contribution in [2.24, 2.45) is 0 Å². The lowest BCUT2D eigenvalue weighted by molar-refractivity contribution is 0.108. The van der Waals surface area contributed by atoms with Crippen molar-refractivity contribution in [1.82, 2.24) is 4.98 Å². The Morgan fingerprint density at radius 3 is 2.12 bits per heavy atom. The van der Waals surface area contributed by atoms with E-state index in [0.717, 1.165) is 17.3 Å². The number of nitrogens with zero attached hydrogens (tertiary/aromatic N) is 2. The molecule has 0 aliphatic heterocycles. The van der Waals surface area contributed by atoms with Gasteiger partial charge in [0.1, 0.15) is 17.7 Å². The molecule has 0 bridgehead atoms. The lowest BCUT2D eigenvalue weighted by Crippen LogP contribution is -2.02. The molecule has 156 valence electrons. The van der Waals surface area contributed by atoms with E-state index in [1.54, 1.807) is 18.2 Å². The molecule has 0 amide bonds. The fourth-order valence-electron chi connectivity index (χ4n) is 3.24. The van der Waals surface area contributed by atoms with Crippen LogP contribution in [0.15, 0.2) is 84.9 Å². The Balaban J connectivity index is 1.75. The van der Waals surface area contributed by atoms with Gasteiger partial charge in [-0.2, -0.15) is 5.26 Å². The molecule has 3 aromatic carbocycles. The Morgan fingerprint density at radius 1 is 0.875 bits per heavy atom. The van der Waals surface area contributed by atoms with E-state index in [1.165, 1.54) is 36.4 Å². The molecular formula is C26H16F2N2OS. The van der Waals surface area contributed by atoms with Crippen molar-refractivity contribution in [2.75, 3.05) is 0 Å². The number of aromatic nitrogens is 1. The molecule has 1 aromatic heterocycles. The maximum absolute atomic E-state index is 13.4. The van der Waals surface area contributed by atoms with Crippen LogP contribution in [-0.4, -0.2) is 10.1 Å². The summed E-state index contributed by atoms with van der Waals surface area (Å²) in [4.78, 5) is 17.2. The number of carbonyl (C=O) groups is 1. The molecule has 1 heterocycles. The molecule has 3 nitrogen and oxygen atoms in total. The van der Waals surface area contributed by atoms with Gasteiger partial charge in [-0.05, 0) is 60.2 Å². The van der Waals surface area contributed by atoms with Gasteiger partial charge in [-0.25, -0.2) is 8.78 Å². The Morgan fingerprint density at radius 2 is 1.50 bits per heavy atom. The Kier molecular flexibility index (Phi) is 6.39. The maximum atomic E-state index is 13.4. The van der Waals surface area contributed by atoms with Crippen molar-refractivity contribution >= 4 is 16.9 Å². The van der Waals surface area contributed by atoms with E-state index >= 15 is 0 Å². The average molecular weight is 442 g/mol. The molecule has 0 radical (unpaired) electrons.